The number of hydrogen-bond donors (Lipinski definition) is 2. The summed E-state index contributed by atoms with van der Waals surface area (Å²) in [6, 6.07) is 6.76. The topological polar surface area (TPSA) is 41.1 Å². The van der Waals surface area contributed by atoms with Crippen LogP contribution >= 0.6 is 0 Å². The molecule has 0 aromatic heterocycles. The van der Waals surface area contributed by atoms with Crippen molar-refractivity contribution in [2.75, 3.05) is 0 Å². The summed E-state index contributed by atoms with van der Waals surface area (Å²) in [5.41, 5.74) is 1.00. The van der Waals surface area contributed by atoms with E-state index >= 15 is 0 Å². The van der Waals surface area contributed by atoms with Crippen LogP contribution in [-0.2, 0) is 0 Å². The maximum atomic E-state index is 13.1. The second-order valence-corrected chi connectivity index (χ2v) is 6.67. The number of nitrogens with one attached hydrogen (secondary N) is 2. The summed E-state index contributed by atoms with van der Waals surface area (Å²) in [5, 5.41) is 6.24. The zero-order chi connectivity index (χ0) is 15.4. The van der Waals surface area contributed by atoms with E-state index in [1.165, 1.54) is 37.8 Å². The fourth-order valence-electron chi connectivity index (χ4n) is 3.53. The lowest BCUT2D eigenvalue weighted by Gasteiger charge is -2.35. The Kier molecular flexibility index (Phi) is 4.96. The minimum atomic E-state index is -0.234. The van der Waals surface area contributed by atoms with Gasteiger partial charge in [0.15, 0.2) is 0 Å². The Hall–Kier alpha value is -1.58. The molecule has 2 fully saturated rings. The van der Waals surface area contributed by atoms with E-state index in [-0.39, 0.29) is 17.9 Å². The van der Waals surface area contributed by atoms with Crippen LogP contribution in [0.15, 0.2) is 24.3 Å². The molecule has 2 aliphatic rings. The van der Waals surface area contributed by atoms with Crippen LogP contribution in [0.4, 0.5) is 9.18 Å². The zero-order valence-corrected chi connectivity index (χ0v) is 13.0. The van der Waals surface area contributed by atoms with Crippen LogP contribution in [0, 0.1) is 11.7 Å². The smallest absolute Gasteiger partial charge is 0.315 e. The van der Waals surface area contributed by atoms with Gasteiger partial charge in [0.1, 0.15) is 5.82 Å². The first-order chi connectivity index (χ1) is 10.7. The molecule has 2 amide bonds. The van der Waals surface area contributed by atoms with E-state index in [0.29, 0.717) is 12.0 Å². The van der Waals surface area contributed by atoms with Crippen molar-refractivity contribution in [3.8, 4) is 0 Å². The van der Waals surface area contributed by atoms with Gasteiger partial charge in [-0.15, -0.1) is 0 Å². The highest BCUT2D eigenvalue weighted by Gasteiger charge is 2.30. The monoisotopic (exact) mass is 304 g/mol. The van der Waals surface area contributed by atoms with Gasteiger partial charge in [-0.25, -0.2) is 9.18 Å². The molecule has 1 aromatic carbocycles. The SMILES string of the molecule is O=C(NC1CCCCC1)NC(c1ccc(F)cc1)C1CCC1. The highest BCUT2D eigenvalue weighted by atomic mass is 19.1. The van der Waals surface area contributed by atoms with Gasteiger partial charge in [-0.1, -0.05) is 37.8 Å². The third kappa shape index (κ3) is 3.79. The van der Waals surface area contributed by atoms with Crippen molar-refractivity contribution >= 4 is 6.03 Å². The summed E-state index contributed by atoms with van der Waals surface area (Å²) < 4.78 is 13.1. The van der Waals surface area contributed by atoms with Crippen molar-refractivity contribution in [2.45, 2.75) is 63.5 Å². The Morgan fingerprint density at radius 2 is 1.68 bits per heavy atom. The summed E-state index contributed by atoms with van der Waals surface area (Å²) >= 11 is 0. The maximum Gasteiger partial charge on any atom is 0.315 e. The van der Waals surface area contributed by atoms with E-state index in [1.807, 2.05) is 0 Å². The van der Waals surface area contributed by atoms with E-state index in [0.717, 1.165) is 31.2 Å². The predicted molar refractivity (Wildman–Crippen MR) is 85.0 cm³/mol. The van der Waals surface area contributed by atoms with Gasteiger partial charge in [0.2, 0.25) is 0 Å². The average molecular weight is 304 g/mol. The molecule has 1 atom stereocenters. The molecule has 0 spiro atoms. The summed E-state index contributed by atoms with van der Waals surface area (Å²) in [5.74, 6) is 0.241. The molecule has 2 N–H and O–H groups in total. The molecule has 2 saturated carbocycles. The van der Waals surface area contributed by atoms with E-state index in [4.69, 9.17) is 0 Å². The van der Waals surface area contributed by atoms with Crippen molar-refractivity contribution in [1.29, 1.82) is 0 Å². The molecule has 0 bridgehead atoms. The molecule has 2 aliphatic carbocycles. The van der Waals surface area contributed by atoms with Crippen LogP contribution in [0.25, 0.3) is 0 Å². The van der Waals surface area contributed by atoms with Crippen molar-refractivity contribution < 1.29 is 9.18 Å². The summed E-state index contributed by atoms with van der Waals surface area (Å²) in [7, 11) is 0. The molecular formula is C18H25FN2O. The Bertz CT molecular complexity index is 492. The Morgan fingerprint density at radius 1 is 1.00 bits per heavy atom. The number of rotatable bonds is 4. The van der Waals surface area contributed by atoms with Crippen LogP contribution in [0.1, 0.15) is 63.0 Å². The fourth-order valence-corrected chi connectivity index (χ4v) is 3.53. The number of carbonyl (C=O) groups is 1. The predicted octanol–water partition coefficient (Wildman–Crippen LogP) is 4.30. The molecule has 3 nitrogen and oxygen atoms in total. The van der Waals surface area contributed by atoms with Gasteiger partial charge >= 0.3 is 6.03 Å². The molecular weight excluding hydrogens is 279 g/mol. The quantitative estimate of drug-likeness (QED) is 0.855. The number of benzene rings is 1. The van der Waals surface area contributed by atoms with Gasteiger partial charge < -0.3 is 10.6 Å². The van der Waals surface area contributed by atoms with Crippen LogP contribution < -0.4 is 10.6 Å². The first-order valence-corrected chi connectivity index (χ1v) is 8.55. The van der Waals surface area contributed by atoms with Crippen molar-refractivity contribution in [3.63, 3.8) is 0 Å². The van der Waals surface area contributed by atoms with Crippen LogP contribution in [0.2, 0.25) is 0 Å². The highest BCUT2D eigenvalue weighted by molar-refractivity contribution is 5.74. The molecule has 1 aromatic rings. The summed E-state index contributed by atoms with van der Waals surface area (Å²) in [6.45, 7) is 0. The van der Waals surface area contributed by atoms with Crippen molar-refractivity contribution in [2.24, 2.45) is 5.92 Å². The maximum absolute atomic E-state index is 13.1. The molecule has 22 heavy (non-hydrogen) atoms. The molecule has 4 heteroatoms. The van der Waals surface area contributed by atoms with Gasteiger partial charge in [0, 0.05) is 6.04 Å². The molecule has 120 valence electrons. The van der Waals surface area contributed by atoms with E-state index in [2.05, 4.69) is 10.6 Å². The van der Waals surface area contributed by atoms with Gasteiger partial charge in [-0.3, -0.25) is 0 Å². The normalized spacial score (nSPS) is 21.0. The number of amides is 2. The summed E-state index contributed by atoms with van der Waals surface area (Å²) in [4.78, 5) is 12.3. The fraction of sp³-hybridized carbons (Fsp3) is 0.611. The Morgan fingerprint density at radius 3 is 2.27 bits per heavy atom. The Balaban J connectivity index is 1.62. The average Bonchev–Trinajstić information content (AvgIpc) is 2.46. The first-order valence-electron chi connectivity index (χ1n) is 8.55. The van der Waals surface area contributed by atoms with Crippen LogP contribution in [0.5, 0.6) is 0 Å². The Labute approximate surface area is 131 Å². The number of hydrogen-bond acceptors (Lipinski definition) is 1. The number of carbonyl (C=O) groups excluding carboxylic acids is 1. The summed E-state index contributed by atoms with van der Waals surface area (Å²) in [6.07, 6.45) is 9.33. The van der Waals surface area contributed by atoms with Gasteiger partial charge in [0.05, 0.1) is 6.04 Å². The van der Waals surface area contributed by atoms with Gasteiger partial charge in [0.25, 0.3) is 0 Å². The minimum absolute atomic E-state index is 0.00191. The van der Waals surface area contributed by atoms with Crippen LogP contribution in [0.3, 0.4) is 0 Å². The van der Waals surface area contributed by atoms with Crippen LogP contribution in [-0.4, -0.2) is 12.1 Å². The third-order valence-electron chi connectivity index (χ3n) is 5.08. The zero-order valence-electron chi connectivity index (χ0n) is 13.0. The number of urea groups is 1. The van der Waals surface area contributed by atoms with Crippen molar-refractivity contribution in [3.05, 3.63) is 35.6 Å². The second-order valence-electron chi connectivity index (χ2n) is 6.67. The lowest BCUT2D eigenvalue weighted by Crippen LogP contribution is -2.46. The standard InChI is InChI=1S/C18H25FN2O/c19-15-11-9-14(10-12-15)17(13-5-4-6-13)21-18(22)20-16-7-2-1-3-8-16/h9-13,16-17H,1-8H2,(H2,20,21,22). The molecule has 0 radical (unpaired) electrons. The molecule has 0 saturated heterocycles. The minimum Gasteiger partial charge on any atom is -0.335 e. The van der Waals surface area contributed by atoms with Crippen molar-refractivity contribution in [1.82, 2.24) is 10.6 Å². The van der Waals surface area contributed by atoms with E-state index < -0.39 is 0 Å². The van der Waals surface area contributed by atoms with E-state index in [9.17, 15) is 9.18 Å². The largest absolute Gasteiger partial charge is 0.335 e. The molecule has 1 unspecified atom stereocenters. The van der Waals surface area contributed by atoms with E-state index in [1.54, 1.807) is 12.1 Å². The highest BCUT2D eigenvalue weighted by Crippen LogP contribution is 2.37. The molecule has 0 heterocycles. The molecule has 3 rings (SSSR count). The van der Waals surface area contributed by atoms with Gasteiger partial charge in [-0.05, 0) is 49.3 Å². The lowest BCUT2D eigenvalue weighted by molar-refractivity contribution is 0.202. The van der Waals surface area contributed by atoms with Gasteiger partial charge in [-0.2, -0.15) is 0 Å². The molecule has 0 aliphatic heterocycles. The number of halogens is 1. The second kappa shape index (κ2) is 7.12. The third-order valence-corrected chi connectivity index (χ3v) is 5.08. The lowest BCUT2D eigenvalue weighted by atomic mass is 9.77. The first kappa shape index (κ1) is 15.3.